The Morgan fingerprint density at radius 1 is 1.43 bits per heavy atom. The first-order valence-corrected chi connectivity index (χ1v) is 4.75. The highest BCUT2D eigenvalue weighted by Crippen LogP contribution is 2.18. The van der Waals surface area contributed by atoms with Crippen LogP contribution in [-0.4, -0.2) is 22.9 Å². The Morgan fingerprint density at radius 2 is 2.29 bits per heavy atom. The van der Waals surface area contributed by atoms with E-state index in [0.29, 0.717) is 11.5 Å². The summed E-state index contributed by atoms with van der Waals surface area (Å²) in [6.45, 7) is 0.850. The van der Waals surface area contributed by atoms with Gasteiger partial charge in [0.05, 0.1) is 17.5 Å². The summed E-state index contributed by atoms with van der Waals surface area (Å²) < 4.78 is 5.49. The Bertz CT molecular complexity index is 323. The molecule has 1 unspecified atom stereocenters. The second kappa shape index (κ2) is 3.79. The maximum Gasteiger partial charge on any atom is 0.169 e. The van der Waals surface area contributed by atoms with Crippen molar-refractivity contribution in [3.8, 4) is 0 Å². The summed E-state index contributed by atoms with van der Waals surface area (Å²) in [4.78, 5) is 0. The summed E-state index contributed by atoms with van der Waals surface area (Å²) >= 11 is 0. The van der Waals surface area contributed by atoms with Gasteiger partial charge < -0.3 is 16.2 Å². The summed E-state index contributed by atoms with van der Waals surface area (Å²) in [5, 5.41) is 7.74. The van der Waals surface area contributed by atoms with E-state index in [1.54, 1.807) is 6.07 Å². The van der Waals surface area contributed by atoms with Gasteiger partial charge in [-0.2, -0.15) is 5.10 Å². The van der Waals surface area contributed by atoms with E-state index in [9.17, 15) is 0 Å². The Morgan fingerprint density at radius 3 is 2.93 bits per heavy atom. The van der Waals surface area contributed by atoms with Crippen LogP contribution < -0.4 is 11.5 Å². The predicted molar refractivity (Wildman–Crippen MR) is 53.5 cm³/mol. The fourth-order valence-electron chi connectivity index (χ4n) is 1.60. The lowest BCUT2D eigenvalue weighted by Crippen LogP contribution is -2.12. The van der Waals surface area contributed by atoms with Crippen molar-refractivity contribution in [2.75, 3.05) is 18.1 Å². The molecule has 0 spiro atoms. The average Bonchev–Trinajstić information content (AvgIpc) is 2.64. The maximum atomic E-state index is 5.63. The van der Waals surface area contributed by atoms with Crippen LogP contribution in [-0.2, 0) is 11.2 Å². The predicted octanol–water partition coefficient (Wildman–Crippen LogP) is 0.362. The van der Waals surface area contributed by atoms with Crippen LogP contribution in [0.15, 0.2) is 6.07 Å². The number of nitrogens with zero attached hydrogens (tertiary/aromatic N) is 2. The molecule has 0 amide bonds. The van der Waals surface area contributed by atoms with Crippen LogP contribution in [0.1, 0.15) is 18.5 Å². The van der Waals surface area contributed by atoms with Gasteiger partial charge in [0.1, 0.15) is 0 Å². The molecule has 1 aliphatic rings. The lowest BCUT2D eigenvalue weighted by atomic mass is 10.1. The molecule has 5 nitrogen and oxygen atoms in total. The van der Waals surface area contributed by atoms with Gasteiger partial charge >= 0.3 is 0 Å². The molecule has 2 heterocycles. The van der Waals surface area contributed by atoms with E-state index in [4.69, 9.17) is 16.2 Å². The van der Waals surface area contributed by atoms with Crippen molar-refractivity contribution in [3.63, 3.8) is 0 Å². The van der Waals surface area contributed by atoms with Crippen LogP contribution in [0, 0.1) is 0 Å². The van der Waals surface area contributed by atoms with Gasteiger partial charge in [-0.1, -0.05) is 0 Å². The third-order valence-corrected chi connectivity index (χ3v) is 2.36. The first-order valence-electron chi connectivity index (χ1n) is 4.75. The third-order valence-electron chi connectivity index (χ3n) is 2.36. The summed E-state index contributed by atoms with van der Waals surface area (Å²) in [6, 6.07) is 1.77. The van der Waals surface area contributed by atoms with Gasteiger partial charge in [-0.25, -0.2) is 0 Å². The topological polar surface area (TPSA) is 87.0 Å². The lowest BCUT2D eigenvalue weighted by molar-refractivity contribution is 0.110. The molecule has 1 saturated heterocycles. The molecular weight excluding hydrogens is 180 g/mol. The molecule has 0 radical (unpaired) electrons. The normalized spacial score (nSPS) is 21.3. The molecule has 0 aliphatic carbocycles. The fraction of sp³-hybridized carbons (Fsp3) is 0.556. The van der Waals surface area contributed by atoms with Gasteiger partial charge in [-0.3, -0.25) is 0 Å². The van der Waals surface area contributed by atoms with Crippen molar-refractivity contribution in [1.82, 2.24) is 10.2 Å². The Hall–Kier alpha value is -1.36. The quantitative estimate of drug-likeness (QED) is 0.710. The van der Waals surface area contributed by atoms with Crippen LogP contribution in [0.5, 0.6) is 0 Å². The number of aromatic nitrogens is 2. The van der Waals surface area contributed by atoms with E-state index in [2.05, 4.69) is 10.2 Å². The molecule has 76 valence electrons. The molecule has 4 N–H and O–H groups in total. The molecule has 0 aromatic carbocycles. The molecule has 0 saturated carbocycles. The van der Waals surface area contributed by atoms with Crippen LogP contribution in [0.25, 0.3) is 0 Å². The standard InChI is InChI=1S/C9H14N4O/c10-8-5-6(12-13-9(8)11)4-7-2-1-3-14-7/h5,7H,1-4H2,(H2,10,12)(H2,11,13). The minimum absolute atomic E-state index is 0.271. The number of hydrogen-bond acceptors (Lipinski definition) is 5. The summed E-state index contributed by atoms with van der Waals surface area (Å²) in [5.41, 5.74) is 12.4. The molecule has 2 rings (SSSR count). The van der Waals surface area contributed by atoms with Crippen molar-refractivity contribution in [2.24, 2.45) is 0 Å². The Labute approximate surface area is 82.5 Å². The molecule has 1 fully saturated rings. The minimum atomic E-state index is 0.271. The zero-order chi connectivity index (χ0) is 9.97. The molecule has 1 aliphatic heterocycles. The van der Waals surface area contributed by atoms with E-state index < -0.39 is 0 Å². The summed E-state index contributed by atoms with van der Waals surface area (Å²) in [5.74, 6) is 0.293. The van der Waals surface area contributed by atoms with Crippen molar-refractivity contribution in [2.45, 2.75) is 25.4 Å². The molecular formula is C9H14N4O. The molecule has 14 heavy (non-hydrogen) atoms. The maximum absolute atomic E-state index is 5.63. The van der Waals surface area contributed by atoms with Gasteiger partial charge in [0.25, 0.3) is 0 Å². The summed E-state index contributed by atoms with van der Waals surface area (Å²) in [7, 11) is 0. The molecule has 1 aromatic rings. The van der Waals surface area contributed by atoms with E-state index in [0.717, 1.165) is 31.6 Å². The second-order valence-corrected chi connectivity index (χ2v) is 3.52. The smallest absolute Gasteiger partial charge is 0.169 e. The third kappa shape index (κ3) is 1.93. The van der Waals surface area contributed by atoms with Gasteiger partial charge in [0.2, 0.25) is 0 Å². The van der Waals surface area contributed by atoms with Gasteiger partial charge in [0, 0.05) is 13.0 Å². The highest BCUT2D eigenvalue weighted by molar-refractivity contribution is 5.57. The zero-order valence-electron chi connectivity index (χ0n) is 7.94. The first kappa shape index (κ1) is 9.21. The van der Waals surface area contributed by atoms with Crippen LogP contribution in [0.2, 0.25) is 0 Å². The van der Waals surface area contributed by atoms with Gasteiger partial charge in [-0.05, 0) is 18.9 Å². The number of hydrogen-bond donors (Lipinski definition) is 2. The molecule has 5 heteroatoms. The highest BCUT2D eigenvalue weighted by Gasteiger charge is 2.17. The Balaban J connectivity index is 2.05. The van der Waals surface area contributed by atoms with Crippen LogP contribution >= 0.6 is 0 Å². The van der Waals surface area contributed by atoms with E-state index in [-0.39, 0.29) is 6.10 Å². The van der Waals surface area contributed by atoms with Gasteiger partial charge in [0.15, 0.2) is 5.82 Å². The van der Waals surface area contributed by atoms with Crippen molar-refractivity contribution in [3.05, 3.63) is 11.8 Å². The van der Waals surface area contributed by atoms with Crippen LogP contribution in [0.4, 0.5) is 11.5 Å². The number of nitrogens with two attached hydrogens (primary N) is 2. The fourth-order valence-corrected chi connectivity index (χ4v) is 1.60. The Kier molecular flexibility index (Phi) is 2.49. The molecule has 1 atom stereocenters. The van der Waals surface area contributed by atoms with Crippen molar-refractivity contribution >= 4 is 11.5 Å². The van der Waals surface area contributed by atoms with Gasteiger partial charge in [-0.15, -0.1) is 5.10 Å². The minimum Gasteiger partial charge on any atom is -0.396 e. The number of ether oxygens (including phenoxy) is 1. The molecule has 0 bridgehead atoms. The molecule has 1 aromatic heterocycles. The largest absolute Gasteiger partial charge is 0.396 e. The lowest BCUT2D eigenvalue weighted by Gasteiger charge is -2.08. The SMILES string of the molecule is Nc1cc(CC2CCCO2)nnc1N. The van der Waals surface area contributed by atoms with Crippen molar-refractivity contribution in [1.29, 1.82) is 0 Å². The number of anilines is 2. The number of rotatable bonds is 2. The van der Waals surface area contributed by atoms with Crippen molar-refractivity contribution < 1.29 is 4.74 Å². The van der Waals surface area contributed by atoms with E-state index in [1.165, 1.54) is 0 Å². The first-order chi connectivity index (χ1) is 6.75. The second-order valence-electron chi connectivity index (χ2n) is 3.52. The number of nitrogen functional groups attached to an aromatic ring is 2. The summed E-state index contributed by atoms with van der Waals surface area (Å²) in [6.07, 6.45) is 3.26. The van der Waals surface area contributed by atoms with E-state index >= 15 is 0 Å². The average molecular weight is 194 g/mol. The van der Waals surface area contributed by atoms with Crippen LogP contribution in [0.3, 0.4) is 0 Å². The monoisotopic (exact) mass is 194 g/mol. The highest BCUT2D eigenvalue weighted by atomic mass is 16.5. The van der Waals surface area contributed by atoms with E-state index in [1.807, 2.05) is 0 Å². The zero-order valence-corrected chi connectivity index (χ0v) is 7.94.